The Balaban J connectivity index is 2.26. The molecule has 0 saturated carbocycles. The number of rotatable bonds is 8. The van der Waals surface area contributed by atoms with E-state index in [9.17, 15) is 14.0 Å². The lowest BCUT2D eigenvalue weighted by Crippen LogP contribution is -2.32. The van der Waals surface area contributed by atoms with Crippen molar-refractivity contribution in [1.29, 1.82) is 0 Å². The number of aryl methyl sites for hydroxylation is 1. The predicted octanol–water partition coefficient (Wildman–Crippen LogP) is 3.56. The largest absolute Gasteiger partial charge is 0.370 e. The summed E-state index contributed by atoms with van der Waals surface area (Å²) in [5, 5.41) is 4.87. The molecule has 2 aromatic rings. The summed E-state index contributed by atoms with van der Waals surface area (Å²) in [5.74, 6) is -0.947. The molecule has 0 radical (unpaired) electrons. The quantitative estimate of drug-likeness (QED) is 0.680. The van der Waals surface area contributed by atoms with Crippen LogP contribution in [0.1, 0.15) is 31.5 Å². The number of hydrogen-bond donors (Lipinski definition) is 1. The number of halogens is 2. The SMILES string of the molecule is Cc1nn(CC(C)C)c(Cl)c1/C=C/C(=O)N(CCC(N)=O)c1ccc(F)cc1. The minimum Gasteiger partial charge on any atom is -0.370 e. The van der Waals surface area contributed by atoms with E-state index in [-0.39, 0.29) is 18.9 Å². The molecule has 0 unspecified atom stereocenters. The van der Waals surface area contributed by atoms with Crippen LogP contribution in [0.5, 0.6) is 0 Å². The van der Waals surface area contributed by atoms with Gasteiger partial charge in [0.15, 0.2) is 0 Å². The van der Waals surface area contributed by atoms with Gasteiger partial charge in [-0.2, -0.15) is 5.10 Å². The zero-order valence-electron chi connectivity index (χ0n) is 16.2. The first-order valence-corrected chi connectivity index (χ1v) is 9.33. The van der Waals surface area contributed by atoms with Crippen LogP contribution < -0.4 is 10.6 Å². The smallest absolute Gasteiger partial charge is 0.251 e. The Hall–Kier alpha value is -2.67. The first-order valence-electron chi connectivity index (χ1n) is 8.95. The molecule has 0 atom stereocenters. The van der Waals surface area contributed by atoms with E-state index in [2.05, 4.69) is 18.9 Å². The molecule has 1 aromatic heterocycles. The van der Waals surface area contributed by atoms with E-state index >= 15 is 0 Å². The summed E-state index contributed by atoms with van der Waals surface area (Å²) in [6.45, 7) is 6.69. The lowest BCUT2D eigenvalue weighted by atomic mass is 10.2. The Bertz CT molecular complexity index is 875. The second kappa shape index (κ2) is 9.50. The van der Waals surface area contributed by atoms with Gasteiger partial charge in [0, 0.05) is 36.8 Å². The molecule has 2 N–H and O–H groups in total. The lowest BCUT2D eigenvalue weighted by molar-refractivity contribution is -0.118. The summed E-state index contributed by atoms with van der Waals surface area (Å²) in [4.78, 5) is 25.3. The number of anilines is 1. The van der Waals surface area contributed by atoms with Crippen LogP contribution in [0.3, 0.4) is 0 Å². The monoisotopic (exact) mass is 406 g/mol. The van der Waals surface area contributed by atoms with Crippen molar-refractivity contribution < 1.29 is 14.0 Å². The highest BCUT2D eigenvalue weighted by Gasteiger charge is 2.16. The highest BCUT2D eigenvalue weighted by molar-refractivity contribution is 6.31. The van der Waals surface area contributed by atoms with E-state index in [0.29, 0.717) is 34.6 Å². The highest BCUT2D eigenvalue weighted by atomic mass is 35.5. The number of carbonyl (C=O) groups excluding carboxylic acids is 2. The Morgan fingerprint density at radius 2 is 1.96 bits per heavy atom. The molecule has 1 aromatic carbocycles. The van der Waals surface area contributed by atoms with Crippen LogP contribution in [0.15, 0.2) is 30.3 Å². The van der Waals surface area contributed by atoms with Crippen LogP contribution in [0.2, 0.25) is 5.15 Å². The standard InChI is InChI=1S/C20H24ClFN4O2/c1-13(2)12-26-20(21)17(14(3)24-26)8-9-19(28)25(11-10-18(23)27)16-6-4-15(22)5-7-16/h4-9,13H,10-12H2,1-3H3,(H2,23,27)/b9-8+. The van der Waals surface area contributed by atoms with E-state index in [1.54, 1.807) is 10.8 Å². The van der Waals surface area contributed by atoms with Crippen molar-refractivity contribution in [2.75, 3.05) is 11.4 Å². The van der Waals surface area contributed by atoms with Crippen LogP contribution in [0.4, 0.5) is 10.1 Å². The van der Waals surface area contributed by atoms with Crippen molar-refractivity contribution in [3.05, 3.63) is 52.6 Å². The number of amides is 2. The molecule has 0 aliphatic carbocycles. The molecule has 0 bridgehead atoms. The van der Waals surface area contributed by atoms with E-state index in [4.69, 9.17) is 17.3 Å². The maximum atomic E-state index is 13.2. The summed E-state index contributed by atoms with van der Waals surface area (Å²) in [6, 6.07) is 5.45. The van der Waals surface area contributed by atoms with Gasteiger partial charge in [-0.1, -0.05) is 25.4 Å². The molecule has 1 heterocycles. The molecule has 2 amide bonds. The lowest BCUT2D eigenvalue weighted by Gasteiger charge is -2.20. The minimum absolute atomic E-state index is 0.0109. The van der Waals surface area contributed by atoms with Crippen LogP contribution in [0.25, 0.3) is 6.08 Å². The number of hydrogen-bond acceptors (Lipinski definition) is 3. The van der Waals surface area contributed by atoms with Gasteiger partial charge in [0.05, 0.1) is 5.69 Å². The first kappa shape index (κ1) is 21.6. The molecular weight excluding hydrogens is 383 g/mol. The Morgan fingerprint density at radius 3 is 2.54 bits per heavy atom. The van der Waals surface area contributed by atoms with Crippen molar-refractivity contribution in [3.63, 3.8) is 0 Å². The van der Waals surface area contributed by atoms with Gasteiger partial charge in [0.2, 0.25) is 5.91 Å². The Morgan fingerprint density at radius 1 is 1.32 bits per heavy atom. The Labute approximate surface area is 168 Å². The minimum atomic E-state index is -0.530. The zero-order chi connectivity index (χ0) is 20.8. The molecule has 8 heteroatoms. The van der Waals surface area contributed by atoms with Crippen LogP contribution in [-0.4, -0.2) is 28.1 Å². The van der Waals surface area contributed by atoms with Gasteiger partial charge in [0.1, 0.15) is 11.0 Å². The number of aromatic nitrogens is 2. The molecule has 0 aliphatic heterocycles. The molecule has 6 nitrogen and oxygen atoms in total. The predicted molar refractivity (Wildman–Crippen MR) is 108 cm³/mol. The van der Waals surface area contributed by atoms with Crippen LogP contribution >= 0.6 is 11.6 Å². The third kappa shape index (κ3) is 5.66. The first-order chi connectivity index (χ1) is 13.2. The number of nitrogens with two attached hydrogens (primary N) is 1. The van der Waals surface area contributed by atoms with Crippen LogP contribution in [-0.2, 0) is 16.1 Å². The summed E-state index contributed by atoms with van der Waals surface area (Å²) in [7, 11) is 0. The second-order valence-corrected chi connectivity index (χ2v) is 7.24. The van der Waals surface area contributed by atoms with Crippen molar-refractivity contribution in [2.24, 2.45) is 11.7 Å². The molecule has 150 valence electrons. The second-order valence-electron chi connectivity index (χ2n) is 6.88. The number of benzene rings is 1. The highest BCUT2D eigenvalue weighted by Crippen LogP contribution is 2.23. The van der Waals surface area contributed by atoms with Gasteiger partial charge in [0.25, 0.3) is 5.91 Å². The normalized spacial score (nSPS) is 11.4. The third-order valence-electron chi connectivity index (χ3n) is 4.03. The van der Waals surface area contributed by atoms with Gasteiger partial charge in [-0.05, 0) is 43.2 Å². The van der Waals surface area contributed by atoms with Crippen LogP contribution in [0, 0.1) is 18.7 Å². The van der Waals surface area contributed by atoms with Crippen molar-refractivity contribution in [3.8, 4) is 0 Å². The fraction of sp³-hybridized carbons (Fsp3) is 0.350. The average Bonchev–Trinajstić information content (AvgIpc) is 2.87. The molecule has 28 heavy (non-hydrogen) atoms. The summed E-state index contributed by atoms with van der Waals surface area (Å²) in [5.41, 5.74) is 7.04. The topological polar surface area (TPSA) is 81.2 Å². The fourth-order valence-corrected chi connectivity index (χ4v) is 2.98. The number of carbonyl (C=O) groups is 2. The van der Waals surface area contributed by atoms with E-state index in [1.165, 1.54) is 35.2 Å². The van der Waals surface area contributed by atoms with Gasteiger partial charge in [-0.3, -0.25) is 14.3 Å². The van der Waals surface area contributed by atoms with Gasteiger partial charge in [-0.15, -0.1) is 0 Å². The maximum Gasteiger partial charge on any atom is 0.251 e. The fourth-order valence-electron chi connectivity index (χ4n) is 2.68. The molecule has 0 spiro atoms. The van der Waals surface area contributed by atoms with E-state index in [1.807, 2.05) is 6.92 Å². The van der Waals surface area contributed by atoms with E-state index < -0.39 is 11.7 Å². The molecule has 0 aliphatic rings. The number of primary amides is 1. The van der Waals surface area contributed by atoms with E-state index in [0.717, 1.165) is 0 Å². The average molecular weight is 407 g/mol. The molecule has 0 fully saturated rings. The van der Waals surface area contributed by atoms with Gasteiger partial charge in [-0.25, -0.2) is 4.39 Å². The molecule has 0 saturated heterocycles. The maximum absolute atomic E-state index is 13.2. The van der Waals surface area contributed by atoms with Crippen molar-refractivity contribution in [2.45, 2.75) is 33.7 Å². The van der Waals surface area contributed by atoms with Gasteiger partial charge >= 0.3 is 0 Å². The van der Waals surface area contributed by atoms with Gasteiger partial charge < -0.3 is 10.6 Å². The third-order valence-corrected chi connectivity index (χ3v) is 4.42. The summed E-state index contributed by atoms with van der Waals surface area (Å²) >= 11 is 6.40. The zero-order valence-corrected chi connectivity index (χ0v) is 16.9. The molecule has 2 rings (SSSR count). The van der Waals surface area contributed by atoms with Crippen molar-refractivity contribution in [1.82, 2.24) is 9.78 Å². The Kier molecular flexibility index (Phi) is 7.34. The summed E-state index contributed by atoms with van der Waals surface area (Å²) < 4.78 is 14.9. The number of nitrogens with zero attached hydrogens (tertiary/aromatic N) is 3. The van der Waals surface area contributed by atoms with Crippen molar-refractivity contribution >= 4 is 35.2 Å². The molecular formula is C20H24ClFN4O2. The summed E-state index contributed by atoms with van der Waals surface area (Å²) in [6.07, 6.45) is 2.95.